The number of hydrogen-bond donors (Lipinski definition) is 0. The molecular formula is C16H23NO2. The minimum absolute atomic E-state index is 0.218. The van der Waals surface area contributed by atoms with Gasteiger partial charge < -0.3 is 9.64 Å². The summed E-state index contributed by atoms with van der Waals surface area (Å²) < 4.78 is 5.64. The van der Waals surface area contributed by atoms with Crippen LogP contribution in [0.15, 0.2) is 30.3 Å². The monoisotopic (exact) mass is 261 g/mol. The molecule has 1 aromatic carbocycles. The van der Waals surface area contributed by atoms with Crippen LogP contribution in [0.5, 0.6) is 0 Å². The minimum Gasteiger partial charge on any atom is -0.372 e. The van der Waals surface area contributed by atoms with Gasteiger partial charge in [0.05, 0.1) is 12.2 Å². The van der Waals surface area contributed by atoms with Crippen molar-refractivity contribution in [1.29, 1.82) is 0 Å². The van der Waals surface area contributed by atoms with Gasteiger partial charge in [0.15, 0.2) is 0 Å². The highest BCUT2D eigenvalue weighted by Crippen LogP contribution is 2.22. The van der Waals surface area contributed by atoms with Crippen LogP contribution in [0.2, 0.25) is 0 Å². The molecule has 1 aliphatic heterocycles. The van der Waals surface area contributed by atoms with Gasteiger partial charge in [-0.25, -0.2) is 0 Å². The van der Waals surface area contributed by atoms with Crippen molar-refractivity contribution in [3.05, 3.63) is 35.9 Å². The Kier molecular flexibility index (Phi) is 4.25. The number of amides is 1. The van der Waals surface area contributed by atoms with E-state index < -0.39 is 0 Å². The number of benzene rings is 1. The van der Waals surface area contributed by atoms with Crippen molar-refractivity contribution in [2.75, 3.05) is 19.7 Å². The Labute approximate surface area is 115 Å². The maximum atomic E-state index is 12.3. The summed E-state index contributed by atoms with van der Waals surface area (Å²) in [6.45, 7) is 8.22. The Morgan fingerprint density at radius 2 is 2.05 bits per heavy atom. The molecule has 3 heteroatoms. The average Bonchev–Trinajstić information content (AvgIpc) is 2.38. The summed E-state index contributed by atoms with van der Waals surface area (Å²) >= 11 is 0. The van der Waals surface area contributed by atoms with Crippen molar-refractivity contribution in [2.45, 2.75) is 38.7 Å². The first kappa shape index (κ1) is 14.1. The third-order valence-electron chi connectivity index (χ3n) is 3.63. The first-order valence-electron chi connectivity index (χ1n) is 6.95. The number of rotatable bonds is 3. The molecule has 0 N–H and O–H groups in total. The third-order valence-corrected chi connectivity index (χ3v) is 3.63. The minimum atomic E-state index is -0.218. The molecule has 1 aromatic rings. The van der Waals surface area contributed by atoms with Gasteiger partial charge in [0.25, 0.3) is 0 Å². The highest BCUT2D eigenvalue weighted by Gasteiger charge is 2.30. The second-order valence-corrected chi connectivity index (χ2v) is 5.94. The van der Waals surface area contributed by atoms with Crippen LogP contribution in [-0.2, 0) is 9.53 Å². The Balaban J connectivity index is 1.94. The van der Waals surface area contributed by atoms with Gasteiger partial charge in [0, 0.05) is 19.5 Å². The highest BCUT2D eigenvalue weighted by molar-refractivity contribution is 5.77. The predicted octanol–water partition coefficient (Wildman–Crippen LogP) is 2.82. The Morgan fingerprint density at radius 1 is 1.37 bits per heavy atom. The molecule has 0 aliphatic carbocycles. The second-order valence-electron chi connectivity index (χ2n) is 5.94. The van der Waals surface area contributed by atoms with Gasteiger partial charge in [-0.15, -0.1) is 0 Å². The van der Waals surface area contributed by atoms with E-state index in [0.717, 1.165) is 0 Å². The fourth-order valence-corrected chi connectivity index (χ4v) is 2.52. The quantitative estimate of drug-likeness (QED) is 0.837. The van der Waals surface area contributed by atoms with E-state index in [1.165, 1.54) is 5.56 Å². The molecule has 1 saturated heterocycles. The maximum absolute atomic E-state index is 12.3. The summed E-state index contributed by atoms with van der Waals surface area (Å²) in [5, 5.41) is 0. The van der Waals surface area contributed by atoms with Crippen molar-refractivity contribution in [3.8, 4) is 0 Å². The summed E-state index contributed by atoms with van der Waals surface area (Å²) in [5.74, 6) is 0.493. The van der Waals surface area contributed by atoms with Crippen LogP contribution in [-0.4, -0.2) is 36.1 Å². The summed E-state index contributed by atoms with van der Waals surface area (Å²) in [6, 6.07) is 10.2. The fourth-order valence-electron chi connectivity index (χ4n) is 2.52. The molecule has 2 rings (SSSR count). The summed E-state index contributed by atoms with van der Waals surface area (Å²) in [4.78, 5) is 14.3. The van der Waals surface area contributed by atoms with Crippen molar-refractivity contribution in [1.82, 2.24) is 4.90 Å². The topological polar surface area (TPSA) is 29.5 Å². The van der Waals surface area contributed by atoms with Gasteiger partial charge in [-0.1, -0.05) is 37.3 Å². The SMILES string of the molecule is CC(CC(=O)N1CCOC(C)(C)C1)c1ccccc1. The van der Waals surface area contributed by atoms with Crippen LogP contribution in [0.4, 0.5) is 0 Å². The zero-order valence-electron chi connectivity index (χ0n) is 12.1. The first-order valence-corrected chi connectivity index (χ1v) is 6.95. The van der Waals surface area contributed by atoms with Crippen LogP contribution in [0.1, 0.15) is 38.7 Å². The Bertz CT molecular complexity index is 428. The van der Waals surface area contributed by atoms with Crippen LogP contribution in [0, 0.1) is 0 Å². The van der Waals surface area contributed by atoms with Gasteiger partial charge in [-0.05, 0) is 25.3 Å². The number of ether oxygens (including phenoxy) is 1. The van der Waals surface area contributed by atoms with E-state index in [0.29, 0.717) is 26.1 Å². The van der Waals surface area contributed by atoms with Crippen LogP contribution >= 0.6 is 0 Å². The molecule has 1 amide bonds. The maximum Gasteiger partial charge on any atom is 0.223 e. The number of nitrogens with zero attached hydrogens (tertiary/aromatic N) is 1. The lowest BCUT2D eigenvalue weighted by Crippen LogP contribution is -2.50. The van der Waals surface area contributed by atoms with Gasteiger partial charge in [0.2, 0.25) is 5.91 Å². The molecular weight excluding hydrogens is 238 g/mol. The molecule has 3 nitrogen and oxygen atoms in total. The number of morpholine rings is 1. The molecule has 19 heavy (non-hydrogen) atoms. The van der Waals surface area contributed by atoms with Crippen LogP contribution in [0.3, 0.4) is 0 Å². The summed E-state index contributed by atoms with van der Waals surface area (Å²) in [7, 11) is 0. The lowest BCUT2D eigenvalue weighted by Gasteiger charge is -2.38. The lowest BCUT2D eigenvalue weighted by atomic mass is 9.96. The van der Waals surface area contributed by atoms with Crippen molar-refractivity contribution in [3.63, 3.8) is 0 Å². The van der Waals surface area contributed by atoms with E-state index in [9.17, 15) is 4.79 Å². The van der Waals surface area contributed by atoms with Gasteiger partial charge in [-0.3, -0.25) is 4.79 Å². The number of carbonyl (C=O) groups is 1. The molecule has 1 heterocycles. The zero-order valence-corrected chi connectivity index (χ0v) is 12.1. The van der Waals surface area contributed by atoms with Crippen molar-refractivity contribution >= 4 is 5.91 Å². The van der Waals surface area contributed by atoms with E-state index in [1.807, 2.05) is 36.9 Å². The third kappa shape index (κ3) is 3.80. The number of hydrogen-bond acceptors (Lipinski definition) is 2. The zero-order chi connectivity index (χ0) is 13.9. The van der Waals surface area contributed by atoms with Gasteiger partial charge >= 0.3 is 0 Å². The second kappa shape index (κ2) is 5.74. The van der Waals surface area contributed by atoms with E-state index in [2.05, 4.69) is 19.1 Å². The van der Waals surface area contributed by atoms with E-state index in [4.69, 9.17) is 4.74 Å². The molecule has 0 radical (unpaired) electrons. The van der Waals surface area contributed by atoms with Gasteiger partial charge in [0.1, 0.15) is 0 Å². The molecule has 0 aromatic heterocycles. The molecule has 0 bridgehead atoms. The van der Waals surface area contributed by atoms with Gasteiger partial charge in [-0.2, -0.15) is 0 Å². The molecule has 1 unspecified atom stereocenters. The molecule has 1 fully saturated rings. The number of carbonyl (C=O) groups excluding carboxylic acids is 1. The first-order chi connectivity index (χ1) is 8.98. The van der Waals surface area contributed by atoms with Crippen LogP contribution in [0.25, 0.3) is 0 Å². The molecule has 0 spiro atoms. The molecule has 0 saturated carbocycles. The fraction of sp³-hybridized carbons (Fsp3) is 0.562. The normalized spacial score (nSPS) is 20.1. The van der Waals surface area contributed by atoms with Crippen molar-refractivity contribution < 1.29 is 9.53 Å². The molecule has 1 atom stereocenters. The summed E-state index contributed by atoms with van der Waals surface area (Å²) in [5.41, 5.74) is 1.01. The Morgan fingerprint density at radius 3 is 2.68 bits per heavy atom. The standard InChI is InChI=1S/C16H23NO2/c1-13(14-7-5-4-6-8-14)11-15(18)17-9-10-19-16(2,3)12-17/h4-8,13H,9-12H2,1-3H3. The lowest BCUT2D eigenvalue weighted by molar-refractivity contribution is -0.146. The smallest absolute Gasteiger partial charge is 0.223 e. The van der Waals surface area contributed by atoms with Crippen LogP contribution < -0.4 is 0 Å². The average molecular weight is 261 g/mol. The van der Waals surface area contributed by atoms with E-state index >= 15 is 0 Å². The molecule has 104 valence electrons. The summed E-state index contributed by atoms with van der Waals surface area (Å²) in [6.07, 6.45) is 0.570. The molecule has 1 aliphatic rings. The van der Waals surface area contributed by atoms with Crippen molar-refractivity contribution in [2.24, 2.45) is 0 Å². The van der Waals surface area contributed by atoms with E-state index in [1.54, 1.807) is 0 Å². The largest absolute Gasteiger partial charge is 0.372 e. The van der Waals surface area contributed by atoms with E-state index in [-0.39, 0.29) is 17.4 Å². The Hall–Kier alpha value is -1.35. The highest BCUT2D eigenvalue weighted by atomic mass is 16.5. The predicted molar refractivity (Wildman–Crippen MR) is 76.1 cm³/mol.